The maximum absolute atomic E-state index is 12.8. The number of hydrogen-bond donors (Lipinski definition) is 1. The van der Waals surface area contributed by atoms with E-state index in [4.69, 9.17) is 4.74 Å². The molecule has 2 aromatic heterocycles. The fourth-order valence-corrected chi connectivity index (χ4v) is 4.82. The number of benzene rings is 1. The smallest absolute Gasteiger partial charge is 0.216 e. The summed E-state index contributed by atoms with van der Waals surface area (Å²) in [6.45, 7) is 0.516. The Morgan fingerprint density at radius 3 is 2.96 bits per heavy atom. The Morgan fingerprint density at radius 1 is 1.31 bits per heavy atom. The molecule has 7 nitrogen and oxygen atoms in total. The molecule has 1 aromatic carbocycles. The summed E-state index contributed by atoms with van der Waals surface area (Å²) in [6, 6.07) is 9.05. The molecule has 0 amide bonds. The number of fused-ring (bicyclic) bond motifs is 1. The summed E-state index contributed by atoms with van der Waals surface area (Å²) in [5.74, 6) is -0.113. The lowest BCUT2D eigenvalue weighted by Crippen LogP contribution is -2.37. The molecule has 0 spiro atoms. The Balaban J connectivity index is 1.55. The fraction of sp³-hybridized carbons (Fsp3) is 0.333. The predicted molar refractivity (Wildman–Crippen MR) is 97.8 cm³/mol. The molecule has 26 heavy (non-hydrogen) atoms. The highest BCUT2D eigenvalue weighted by Gasteiger charge is 2.33. The third kappa shape index (κ3) is 3.48. The van der Waals surface area contributed by atoms with Crippen molar-refractivity contribution >= 4 is 20.9 Å². The van der Waals surface area contributed by atoms with Crippen LogP contribution >= 0.6 is 0 Å². The zero-order valence-corrected chi connectivity index (χ0v) is 15.2. The van der Waals surface area contributed by atoms with Crippen molar-refractivity contribution in [2.24, 2.45) is 7.05 Å². The van der Waals surface area contributed by atoms with Crippen molar-refractivity contribution < 1.29 is 13.2 Å². The molecule has 2 atom stereocenters. The van der Waals surface area contributed by atoms with Gasteiger partial charge in [-0.3, -0.25) is 9.67 Å². The Morgan fingerprint density at radius 2 is 2.15 bits per heavy atom. The first-order valence-corrected chi connectivity index (χ1v) is 10.1. The largest absolute Gasteiger partial charge is 0.372 e. The van der Waals surface area contributed by atoms with Crippen LogP contribution in [0.25, 0.3) is 10.9 Å². The minimum absolute atomic E-state index is 0.113. The third-order valence-electron chi connectivity index (χ3n) is 4.54. The Bertz CT molecular complexity index is 1030. The Hall–Kier alpha value is -2.29. The average molecular weight is 372 g/mol. The van der Waals surface area contributed by atoms with Crippen LogP contribution in [0.2, 0.25) is 0 Å². The lowest BCUT2D eigenvalue weighted by Gasteiger charge is -2.19. The third-order valence-corrected chi connectivity index (χ3v) is 5.89. The maximum atomic E-state index is 12.8. The zero-order chi connectivity index (χ0) is 18.1. The summed E-state index contributed by atoms with van der Waals surface area (Å²) in [6.07, 6.45) is 5.56. The summed E-state index contributed by atoms with van der Waals surface area (Å²) in [4.78, 5) is 4.33. The second kappa shape index (κ2) is 6.79. The molecule has 0 radical (unpaired) electrons. The van der Waals surface area contributed by atoms with Gasteiger partial charge in [-0.25, -0.2) is 13.1 Å². The van der Waals surface area contributed by atoms with Crippen LogP contribution < -0.4 is 4.72 Å². The van der Waals surface area contributed by atoms with E-state index in [2.05, 4.69) is 14.8 Å². The number of ether oxygens (including phenoxy) is 1. The van der Waals surface area contributed by atoms with Crippen molar-refractivity contribution in [2.45, 2.75) is 24.3 Å². The van der Waals surface area contributed by atoms with E-state index >= 15 is 0 Å². The molecule has 0 bridgehead atoms. The van der Waals surface area contributed by atoms with E-state index in [1.807, 2.05) is 37.5 Å². The molecule has 3 heterocycles. The van der Waals surface area contributed by atoms with Gasteiger partial charge in [-0.2, -0.15) is 5.10 Å². The first-order valence-electron chi connectivity index (χ1n) is 8.45. The molecule has 0 unspecified atom stereocenters. The van der Waals surface area contributed by atoms with Crippen molar-refractivity contribution in [3.05, 3.63) is 60.0 Å². The SMILES string of the molecule is Cn1cc([C@H]2OCC[C@@H]2NS(=O)(=O)Cc2cccc3cccnc23)cn1. The van der Waals surface area contributed by atoms with E-state index in [1.54, 1.807) is 23.1 Å². The van der Waals surface area contributed by atoms with Gasteiger partial charge < -0.3 is 4.74 Å². The first-order chi connectivity index (χ1) is 12.5. The number of hydrogen-bond acceptors (Lipinski definition) is 5. The first kappa shape index (κ1) is 17.1. The van der Waals surface area contributed by atoms with E-state index in [1.165, 1.54) is 0 Å². The molecule has 3 aromatic rings. The van der Waals surface area contributed by atoms with Crippen LogP contribution in [0.1, 0.15) is 23.7 Å². The van der Waals surface area contributed by atoms with Gasteiger partial charge in [0.15, 0.2) is 0 Å². The van der Waals surface area contributed by atoms with E-state index in [-0.39, 0.29) is 17.9 Å². The minimum atomic E-state index is -3.54. The summed E-state index contributed by atoms with van der Waals surface area (Å²) >= 11 is 0. The number of nitrogens with one attached hydrogen (secondary N) is 1. The standard InChI is InChI=1S/C18H20N4O3S/c1-22-11-15(10-20-22)18-16(7-9-25-18)21-26(23,24)12-14-5-2-4-13-6-3-8-19-17(13)14/h2-6,8,10-11,16,18,21H,7,9,12H2,1H3/t16-,18+/m0/s1. The molecule has 1 aliphatic rings. The van der Waals surface area contributed by atoms with Crippen molar-refractivity contribution in [2.75, 3.05) is 6.61 Å². The second-order valence-electron chi connectivity index (χ2n) is 6.50. The highest BCUT2D eigenvalue weighted by molar-refractivity contribution is 7.88. The van der Waals surface area contributed by atoms with Crippen LogP contribution in [-0.2, 0) is 27.6 Å². The van der Waals surface area contributed by atoms with Gasteiger partial charge >= 0.3 is 0 Å². The quantitative estimate of drug-likeness (QED) is 0.739. The van der Waals surface area contributed by atoms with Crippen molar-refractivity contribution in [1.29, 1.82) is 0 Å². The van der Waals surface area contributed by atoms with Gasteiger partial charge in [0.2, 0.25) is 10.0 Å². The number of aromatic nitrogens is 3. The highest BCUT2D eigenvalue weighted by Crippen LogP contribution is 2.29. The van der Waals surface area contributed by atoms with Crippen molar-refractivity contribution in [3.63, 3.8) is 0 Å². The predicted octanol–water partition coefficient (Wildman–Crippen LogP) is 1.92. The van der Waals surface area contributed by atoms with E-state index in [9.17, 15) is 8.42 Å². The number of sulfonamides is 1. The number of aryl methyl sites for hydroxylation is 1. The molecule has 0 saturated carbocycles. The normalized spacial score (nSPS) is 20.7. The number of nitrogens with zero attached hydrogens (tertiary/aromatic N) is 3. The van der Waals surface area contributed by atoms with E-state index in [0.29, 0.717) is 24.1 Å². The summed E-state index contributed by atoms with van der Waals surface area (Å²) in [7, 11) is -1.72. The van der Waals surface area contributed by atoms with Gasteiger partial charge in [-0.1, -0.05) is 24.3 Å². The molecule has 1 saturated heterocycles. The number of pyridine rings is 1. The molecular weight excluding hydrogens is 352 g/mol. The topological polar surface area (TPSA) is 86.1 Å². The maximum Gasteiger partial charge on any atom is 0.216 e. The lowest BCUT2D eigenvalue weighted by molar-refractivity contribution is 0.102. The van der Waals surface area contributed by atoms with Gasteiger partial charge in [-0.15, -0.1) is 0 Å². The zero-order valence-electron chi connectivity index (χ0n) is 14.4. The van der Waals surface area contributed by atoms with Gasteiger partial charge in [-0.05, 0) is 18.1 Å². The average Bonchev–Trinajstić information content (AvgIpc) is 3.23. The van der Waals surface area contributed by atoms with Crippen LogP contribution in [-0.4, -0.2) is 35.8 Å². The minimum Gasteiger partial charge on any atom is -0.372 e. The van der Waals surface area contributed by atoms with E-state index in [0.717, 1.165) is 10.9 Å². The monoisotopic (exact) mass is 372 g/mol. The molecule has 4 rings (SSSR count). The van der Waals surface area contributed by atoms with Crippen LogP contribution in [0, 0.1) is 0 Å². The Labute approximate surface area is 152 Å². The molecular formula is C18H20N4O3S. The number of rotatable bonds is 5. The van der Waals surface area contributed by atoms with Crippen LogP contribution in [0.3, 0.4) is 0 Å². The van der Waals surface area contributed by atoms with Gasteiger partial charge in [0, 0.05) is 37.0 Å². The van der Waals surface area contributed by atoms with Gasteiger partial charge in [0.05, 0.1) is 23.5 Å². The van der Waals surface area contributed by atoms with E-state index < -0.39 is 10.0 Å². The molecule has 1 N–H and O–H groups in total. The molecule has 1 aliphatic heterocycles. The van der Waals surface area contributed by atoms with Gasteiger partial charge in [0.1, 0.15) is 6.10 Å². The van der Waals surface area contributed by atoms with Crippen LogP contribution in [0.5, 0.6) is 0 Å². The van der Waals surface area contributed by atoms with Gasteiger partial charge in [0.25, 0.3) is 0 Å². The lowest BCUT2D eigenvalue weighted by atomic mass is 10.1. The van der Waals surface area contributed by atoms with Crippen molar-refractivity contribution in [3.8, 4) is 0 Å². The van der Waals surface area contributed by atoms with Crippen LogP contribution in [0.15, 0.2) is 48.9 Å². The molecule has 1 fully saturated rings. The van der Waals surface area contributed by atoms with Crippen molar-refractivity contribution in [1.82, 2.24) is 19.5 Å². The highest BCUT2D eigenvalue weighted by atomic mass is 32.2. The Kier molecular flexibility index (Phi) is 4.47. The summed E-state index contributed by atoms with van der Waals surface area (Å²) in [5, 5.41) is 5.07. The molecule has 8 heteroatoms. The molecule has 0 aliphatic carbocycles. The summed E-state index contributed by atoms with van der Waals surface area (Å²) < 4.78 is 35.8. The fourth-order valence-electron chi connectivity index (χ4n) is 3.39. The number of para-hydroxylation sites is 1. The summed E-state index contributed by atoms with van der Waals surface area (Å²) in [5.41, 5.74) is 2.28. The molecule has 136 valence electrons. The second-order valence-corrected chi connectivity index (χ2v) is 8.26. The van der Waals surface area contributed by atoms with Crippen LogP contribution in [0.4, 0.5) is 0 Å².